The number of Topliss-reactive ketones (excluding diaryl/α,β-unsaturated/α-hetero) is 1. The number of ketones is 1. The first kappa shape index (κ1) is 19.2. The normalized spacial score (nSPS) is 12.0. The van der Waals surface area contributed by atoms with Crippen molar-refractivity contribution in [1.82, 2.24) is 14.8 Å². The number of para-hydroxylation sites is 1. The highest BCUT2D eigenvalue weighted by Gasteiger charge is 2.21. The van der Waals surface area contributed by atoms with E-state index in [0.717, 1.165) is 23.3 Å². The van der Waals surface area contributed by atoms with E-state index in [9.17, 15) is 4.79 Å². The third kappa shape index (κ3) is 4.06. The van der Waals surface area contributed by atoms with Crippen molar-refractivity contribution in [2.45, 2.75) is 30.7 Å². The van der Waals surface area contributed by atoms with E-state index >= 15 is 0 Å². The lowest BCUT2D eigenvalue weighted by atomic mass is 10.1. The van der Waals surface area contributed by atoms with Gasteiger partial charge in [0.15, 0.2) is 16.8 Å². The molecule has 3 aromatic rings. The van der Waals surface area contributed by atoms with Crippen LogP contribution in [0.4, 0.5) is 0 Å². The zero-order valence-corrected chi connectivity index (χ0v) is 16.8. The van der Waals surface area contributed by atoms with Gasteiger partial charge in [0, 0.05) is 12.6 Å². The molecule has 0 spiro atoms. The largest absolute Gasteiger partial charge is 0.496 e. The van der Waals surface area contributed by atoms with Gasteiger partial charge in [-0.25, -0.2) is 0 Å². The lowest BCUT2D eigenvalue weighted by Gasteiger charge is -2.11. The van der Waals surface area contributed by atoms with Crippen LogP contribution in [-0.2, 0) is 13.5 Å². The molecule has 0 N–H and O–H groups in total. The first-order valence-corrected chi connectivity index (χ1v) is 9.75. The van der Waals surface area contributed by atoms with E-state index in [2.05, 4.69) is 17.1 Å². The summed E-state index contributed by atoms with van der Waals surface area (Å²) < 4.78 is 7.31. The Balaban J connectivity index is 1.79. The molecule has 0 aliphatic rings. The van der Waals surface area contributed by atoms with E-state index in [-0.39, 0.29) is 11.0 Å². The Kier molecular flexibility index (Phi) is 5.96. The summed E-state index contributed by atoms with van der Waals surface area (Å²) in [6.07, 6.45) is 0.962. The van der Waals surface area contributed by atoms with Gasteiger partial charge in [-0.1, -0.05) is 55.1 Å². The van der Waals surface area contributed by atoms with Crippen molar-refractivity contribution in [2.75, 3.05) is 7.11 Å². The molecule has 0 unspecified atom stereocenters. The van der Waals surface area contributed by atoms with Gasteiger partial charge in [0.05, 0.1) is 17.9 Å². The molecule has 27 heavy (non-hydrogen) atoms. The molecule has 2 aromatic carbocycles. The Bertz CT molecular complexity index is 935. The van der Waals surface area contributed by atoms with Gasteiger partial charge in [-0.3, -0.25) is 4.79 Å². The Hall–Kier alpha value is -2.60. The maximum absolute atomic E-state index is 12.7. The molecule has 0 radical (unpaired) electrons. The number of carbonyl (C=O) groups is 1. The van der Waals surface area contributed by atoms with Crippen molar-refractivity contribution in [1.29, 1.82) is 0 Å². The Morgan fingerprint density at radius 3 is 2.52 bits per heavy atom. The number of hydrogen-bond donors (Lipinski definition) is 0. The number of aryl methyl sites for hydroxylation is 1. The third-order valence-electron chi connectivity index (χ3n) is 4.48. The second-order valence-electron chi connectivity index (χ2n) is 6.24. The topological polar surface area (TPSA) is 57.0 Å². The Morgan fingerprint density at radius 1 is 1.15 bits per heavy atom. The summed E-state index contributed by atoms with van der Waals surface area (Å²) in [5, 5.41) is 9.02. The molecule has 0 amide bonds. The summed E-state index contributed by atoms with van der Waals surface area (Å²) in [7, 11) is 3.53. The molecular formula is C21H23N3O2S. The number of methoxy groups -OCH3 is 1. The second-order valence-corrected chi connectivity index (χ2v) is 7.55. The third-order valence-corrected chi connectivity index (χ3v) is 5.61. The molecule has 3 rings (SSSR count). The summed E-state index contributed by atoms with van der Waals surface area (Å²) in [5.74, 6) is 1.54. The minimum Gasteiger partial charge on any atom is -0.496 e. The summed E-state index contributed by atoms with van der Waals surface area (Å²) in [5.41, 5.74) is 2.82. The number of carbonyl (C=O) groups excluding carboxylic acids is 1. The fourth-order valence-corrected chi connectivity index (χ4v) is 3.72. The van der Waals surface area contributed by atoms with E-state index in [0.29, 0.717) is 11.0 Å². The van der Waals surface area contributed by atoms with Crippen LogP contribution < -0.4 is 4.74 Å². The number of hydrogen-bond acceptors (Lipinski definition) is 5. The summed E-state index contributed by atoms with van der Waals surface area (Å²) in [4.78, 5) is 12.7. The molecule has 6 heteroatoms. The van der Waals surface area contributed by atoms with Crippen molar-refractivity contribution < 1.29 is 9.53 Å². The van der Waals surface area contributed by atoms with Crippen molar-refractivity contribution in [2.24, 2.45) is 7.05 Å². The molecule has 1 aromatic heterocycles. The van der Waals surface area contributed by atoms with Crippen molar-refractivity contribution in [3.63, 3.8) is 0 Å². The van der Waals surface area contributed by atoms with E-state index in [4.69, 9.17) is 4.74 Å². The first-order chi connectivity index (χ1) is 13.0. The monoisotopic (exact) mass is 381 g/mol. The number of benzene rings is 2. The van der Waals surface area contributed by atoms with E-state index in [1.165, 1.54) is 17.3 Å². The van der Waals surface area contributed by atoms with E-state index in [1.807, 2.05) is 67.1 Å². The van der Waals surface area contributed by atoms with Crippen molar-refractivity contribution in [3.8, 4) is 17.1 Å². The molecule has 1 heterocycles. The number of aromatic nitrogens is 3. The van der Waals surface area contributed by atoms with Crippen LogP contribution in [0, 0.1) is 0 Å². The van der Waals surface area contributed by atoms with Crippen LogP contribution in [0.3, 0.4) is 0 Å². The molecule has 140 valence electrons. The number of thioether (sulfide) groups is 1. The quantitative estimate of drug-likeness (QED) is 0.448. The van der Waals surface area contributed by atoms with Crippen LogP contribution >= 0.6 is 11.8 Å². The molecule has 0 aliphatic carbocycles. The van der Waals surface area contributed by atoms with Gasteiger partial charge >= 0.3 is 0 Å². The van der Waals surface area contributed by atoms with Gasteiger partial charge < -0.3 is 9.30 Å². The first-order valence-electron chi connectivity index (χ1n) is 8.87. The van der Waals surface area contributed by atoms with Crippen molar-refractivity contribution in [3.05, 3.63) is 59.7 Å². The van der Waals surface area contributed by atoms with Gasteiger partial charge in [-0.05, 0) is 31.0 Å². The SMILES string of the molecule is CCc1ccc(C(=O)[C@@H](C)Sc2nnc(-c3ccccc3OC)n2C)cc1. The van der Waals surface area contributed by atoms with E-state index in [1.54, 1.807) is 7.11 Å². The standard InChI is InChI=1S/C21H23N3O2S/c1-5-15-10-12-16(13-11-15)19(25)14(2)27-21-23-22-20(24(21)3)17-8-6-7-9-18(17)26-4/h6-14H,5H2,1-4H3/t14-/m1/s1. The molecular weight excluding hydrogens is 358 g/mol. The molecule has 1 atom stereocenters. The lowest BCUT2D eigenvalue weighted by Crippen LogP contribution is -2.14. The minimum atomic E-state index is -0.258. The minimum absolute atomic E-state index is 0.0875. The Labute approximate surface area is 163 Å². The summed E-state index contributed by atoms with van der Waals surface area (Å²) >= 11 is 1.41. The molecule has 0 fully saturated rings. The van der Waals surface area contributed by atoms with Crippen molar-refractivity contribution >= 4 is 17.5 Å². The van der Waals surface area contributed by atoms with Gasteiger partial charge in [-0.15, -0.1) is 10.2 Å². The fraction of sp³-hybridized carbons (Fsp3) is 0.286. The van der Waals surface area contributed by atoms with Gasteiger partial charge in [0.25, 0.3) is 0 Å². The lowest BCUT2D eigenvalue weighted by molar-refractivity contribution is 0.0994. The van der Waals surface area contributed by atoms with Gasteiger partial charge in [0.2, 0.25) is 0 Å². The van der Waals surface area contributed by atoms with Crippen LogP contribution in [0.15, 0.2) is 53.7 Å². The highest BCUT2D eigenvalue weighted by molar-refractivity contribution is 8.00. The van der Waals surface area contributed by atoms with E-state index < -0.39 is 0 Å². The summed E-state index contributed by atoms with van der Waals surface area (Å²) in [6.45, 7) is 4.00. The fourth-order valence-electron chi connectivity index (χ4n) is 2.83. The van der Waals surface area contributed by atoms with Crippen LogP contribution in [0.1, 0.15) is 29.8 Å². The van der Waals surface area contributed by atoms with Crippen LogP contribution in [0.2, 0.25) is 0 Å². The van der Waals surface area contributed by atoms with Crippen LogP contribution in [0.25, 0.3) is 11.4 Å². The van der Waals surface area contributed by atoms with Gasteiger partial charge in [0.1, 0.15) is 5.75 Å². The zero-order valence-electron chi connectivity index (χ0n) is 16.0. The molecule has 0 bridgehead atoms. The molecule has 0 saturated carbocycles. The van der Waals surface area contributed by atoms with Crippen LogP contribution in [-0.4, -0.2) is 32.9 Å². The summed E-state index contributed by atoms with van der Waals surface area (Å²) in [6, 6.07) is 15.5. The van der Waals surface area contributed by atoms with Gasteiger partial charge in [-0.2, -0.15) is 0 Å². The predicted octanol–water partition coefficient (Wildman–Crippen LogP) is 4.42. The number of nitrogens with zero attached hydrogens (tertiary/aromatic N) is 3. The molecule has 5 nitrogen and oxygen atoms in total. The maximum atomic E-state index is 12.7. The highest BCUT2D eigenvalue weighted by atomic mass is 32.2. The number of ether oxygens (including phenoxy) is 1. The van der Waals surface area contributed by atoms with Crippen LogP contribution in [0.5, 0.6) is 5.75 Å². The zero-order chi connectivity index (χ0) is 19.4. The molecule has 0 saturated heterocycles. The highest BCUT2D eigenvalue weighted by Crippen LogP contribution is 2.31. The Morgan fingerprint density at radius 2 is 1.85 bits per heavy atom. The maximum Gasteiger partial charge on any atom is 0.191 e. The molecule has 0 aliphatic heterocycles. The average molecular weight is 382 g/mol. The average Bonchev–Trinajstić information content (AvgIpc) is 3.07. The number of rotatable bonds is 7. The second kappa shape index (κ2) is 8.39. The predicted molar refractivity (Wildman–Crippen MR) is 108 cm³/mol. The smallest absolute Gasteiger partial charge is 0.191 e.